The summed E-state index contributed by atoms with van der Waals surface area (Å²) >= 11 is -0.0704. The van der Waals surface area contributed by atoms with Crippen LogP contribution in [0.1, 0.15) is 24.8 Å². The lowest BCUT2D eigenvalue weighted by atomic mass is 10.2. The second kappa shape index (κ2) is 8.06. The van der Waals surface area contributed by atoms with E-state index in [0.717, 1.165) is 25.1 Å². The van der Waals surface area contributed by atoms with E-state index < -0.39 is 5.51 Å². The van der Waals surface area contributed by atoms with Gasteiger partial charge in [0.25, 0.3) is 0 Å². The summed E-state index contributed by atoms with van der Waals surface area (Å²) in [7, 11) is 0. The molecular formula is C15H21F3N2S. The smallest absolute Gasteiger partial charge is 0.313 e. The Morgan fingerprint density at radius 3 is 2.38 bits per heavy atom. The number of halogens is 3. The predicted octanol–water partition coefficient (Wildman–Crippen LogP) is 3.87. The van der Waals surface area contributed by atoms with Crippen LogP contribution in [0.25, 0.3) is 0 Å². The lowest BCUT2D eigenvalue weighted by molar-refractivity contribution is -0.0328. The lowest BCUT2D eigenvalue weighted by Crippen LogP contribution is -2.24. The molecule has 1 aromatic carbocycles. The number of likely N-dealkylation sites (tertiary alicyclic amines) is 1. The quantitative estimate of drug-likeness (QED) is 0.607. The van der Waals surface area contributed by atoms with Crippen molar-refractivity contribution in [1.82, 2.24) is 10.2 Å². The van der Waals surface area contributed by atoms with Crippen LogP contribution >= 0.6 is 11.8 Å². The van der Waals surface area contributed by atoms with Gasteiger partial charge in [-0.25, -0.2) is 0 Å². The van der Waals surface area contributed by atoms with Crippen molar-refractivity contribution in [2.45, 2.75) is 36.2 Å². The molecule has 1 saturated heterocycles. The van der Waals surface area contributed by atoms with Gasteiger partial charge < -0.3 is 10.2 Å². The Bertz CT molecular complexity index is 414. The monoisotopic (exact) mass is 318 g/mol. The average Bonchev–Trinajstić information content (AvgIpc) is 2.92. The topological polar surface area (TPSA) is 15.3 Å². The van der Waals surface area contributed by atoms with Crippen LogP contribution in [-0.2, 0) is 6.54 Å². The number of hydrogen-bond acceptors (Lipinski definition) is 3. The first-order valence-corrected chi connectivity index (χ1v) is 8.12. The normalized spacial score (nSPS) is 16.5. The molecule has 1 aliphatic heterocycles. The molecule has 2 rings (SSSR count). The van der Waals surface area contributed by atoms with Gasteiger partial charge in [0.15, 0.2) is 0 Å². The number of alkyl halides is 3. The molecule has 2 nitrogen and oxygen atoms in total. The summed E-state index contributed by atoms with van der Waals surface area (Å²) in [5, 5.41) is 3.34. The summed E-state index contributed by atoms with van der Waals surface area (Å²) in [6, 6.07) is 6.56. The Morgan fingerprint density at radius 2 is 1.76 bits per heavy atom. The maximum Gasteiger partial charge on any atom is 0.446 e. The van der Waals surface area contributed by atoms with Gasteiger partial charge in [-0.15, -0.1) is 0 Å². The van der Waals surface area contributed by atoms with Crippen molar-refractivity contribution >= 4 is 11.8 Å². The minimum atomic E-state index is -4.21. The first-order chi connectivity index (χ1) is 10.0. The molecule has 1 aliphatic rings. The molecule has 0 unspecified atom stereocenters. The third kappa shape index (κ3) is 6.72. The average molecular weight is 318 g/mol. The summed E-state index contributed by atoms with van der Waals surface area (Å²) in [5.74, 6) is 0. The van der Waals surface area contributed by atoms with E-state index in [1.807, 2.05) is 0 Å². The summed E-state index contributed by atoms with van der Waals surface area (Å²) < 4.78 is 36.6. The van der Waals surface area contributed by atoms with Crippen LogP contribution in [0.15, 0.2) is 29.2 Å². The van der Waals surface area contributed by atoms with Gasteiger partial charge in [0.1, 0.15) is 0 Å². The van der Waals surface area contributed by atoms with Gasteiger partial charge in [-0.1, -0.05) is 12.1 Å². The van der Waals surface area contributed by atoms with Gasteiger partial charge in [0.05, 0.1) is 0 Å². The molecule has 0 atom stereocenters. The maximum atomic E-state index is 12.2. The van der Waals surface area contributed by atoms with E-state index >= 15 is 0 Å². The lowest BCUT2D eigenvalue weighted by Gasteiger charge is -2.14. The van der Waals surface area contributed by atoms with E-state index in [-0.39, 0.29) is 16.7 Å². The van der Waals surface area contributed by atoms with Gasteiger partial charge in [-0.05, 0) is 74.9 Å². The second-order valence-electron chi connectivity index (χ2n) is 5.27. The standard InChI is InChI=1S/C15H21F3N2S/c16-15(17,18)21-14-6-4-13(5-7-14)12-19-8-3-11-20-9-1-2-10-20/h4-7,19H,1-3,8-12H2. The summed E-state index contributed by atoms with van der Waals surface area (Å²) in [4.78, 5) is 2.71. The number of benzene rings is 1. The fourth-order valence-corrected chi connectivity index (χ4v) is 3.02. The molecule has 0 amide bonds. The zero-order valence-electron chi connectivity index (χ0n) is 12.0. The van der Waals surface area contributed by atoms with E-state index in [1.165, 1.54) is 38.1 Å². The van der Waals surface area contributed by atoms with Crippen LogP contribution < -0.4 is 5.32 Å². The van der Waals surface area contributed by atoms with Crippen LogP contribution in [0.5, 0.6) is 0 Å². The van der Waals surface area contributed by atoms with E-state index in [2.05, 4.69) is 10.2 Å². The molecule has 1 N–H and O–H groups in total. The van der Waals surface area contributed by atoms with Gasteiger partial charge in [-0.2, -0.15) is 13.2 Å². The molecular weight excluding hydrogens is 297 g/mol. The van der Waals surface area contributed by atoms with Crippen molar-refractivity contribution in [3.63, 3.8) is 0 Å². The summed E-state index contributed by atoms with van der Waals surface area (Å²) in [6.45, 7) is 5.22. The molecule has 6 heteroatoms. The maximum absolute atomic E-state index is 12.2. The van der Waals surface area contributed by atoms with Crippen molar-refractivity contribution in [1.29, 1.82) is 0 Å². The van der Waals surface area contributed by atoms with E-state index in [0.29, 0.717) is 6.54 Å². The number of nitrogens with zero attached hydrogens (tertiary/aromatic N) is 1. The molecule has 0 aromatic heterocycles. The molecule has 0 saturated carbocycles. The second-order valence-corrected chi connectivity index (χ2v) is 6.41. The van der Waals surface area contributed by atoms with Gasteiger partial charge in [0.2, 0.25) is 0 Å². The van der Waals surface area contributed by atoms with Gasteiger partial charge in [-0.3, -0.25) is 0 Å². The van der Waals surface area contributed by atoms with Crippen molar-refractivity contribution in [2.24, 2.45) is 0 Å². The molecule has 0 spiro atoms. The molecule has 0 aliphatic carbocycles. The van der Waals surface area contributed by atoms with Crippen molar-refractivity contribution in [3.05, 3.63) is 29.8 Å². The summed E-state index contributed by atoms with van der Waals surface area (Å²) in [5.41, 5.74) is -3.20. The number of nitrogens with one attached hydrogen (secondary N) is 1. The Kier molecular flexibility index (Phi) is 6.39. The van der Waals surface area contributed by atoms with Crippen molar-refractivity contribution < 1.29 is 13.2 Å². The number of thioether (sulfide) groups is 1. The third-order valence-electron chi connectivity index (χ3n) is 3.51. The first-order valence-electron chi connectivity index (χ1n) is 7.31. The van der Waals surface area contributed by atoms with E-state index in [9.17, 15) is 13.2 Å². The molecule has 21 heavy (non-hydrogen) atoms. The minimum Gasteiger partial charge on any atom is -0.313 e. The number of rotatable bonds is 7. The van der Waals surface area contributed by atoms with Crippen LogP contribution in [0.3, 0.4) is 0 Å². The fourth-order valence-electron chi connectivity index (χ4n) is 2.48. The van der Waals surface area contributed by atoms with Gasteiger partial charge >= 0.3 is 5.51 Å². The Hall–Kier alpha value is -0.720. The number of hydrogen-bond donors (Lipinski definition) is 1. The minimum absolute atomic E-state index is 0.0704. The molecule has 0 bridgehead atoms. The summed E-state index contributed by atoms with van der Waals surface area (Å²) in [6.07, 6.45) is 3.74. The zero-order valence-corrected chi connectivity index (χ0v) is 12.8. The van der Waals surface area contributed by atoms with Gasteiger partial charge in [0, 0.05) is 11.4 Å². The Balaban J connectivity index is 1.62. The van der Waals surface area contributed by atoms with Crippen LogP contribution in [-0.4, -0.2) is 36.6 Å². The zero-order chi connectivity index (χ0) is 15.1. The molecule has 1 fully saturated rings. The highest BCUT2D eigenvalue weighted by Crippen LogP contribution is 2.36. The third-order valence-corrected chi connectivity index (χ3v) is 4.25. The highest BCUT2D eigenvalue weighted by molar-refractivity contribution is 8.00. The van der Waals surface area contributed by atoms with Crippen molar-refractivity contribution in [3.8, 4) is 0 Å². The van der Waals surface area contributed by atoms with Crippen molar-refractivity contribution in [2.75, 3.05) is 26.2 Å². The first kappa shape index (κ1) is 16.6. The predicted molar refractivity (Wildman–Crippen MR) is 80.4 cm³/mol. The Labute approximate surface area is 128 Å². The highest BCUT2D eigenvalue weighted by Gasteiger charge is 2.28. The van der Waals surface area contributed by atoms with Crippen LogP contribution in [0.4, 0.5) is 13.2 Å². The van der Waals surface area contributed by atoms with Crippen LogP contribution in [0, 0.1) is 0 Å². The SMILES string of the molecule is FC(F)(F)Sc1ccc(CNCCCN2CCCC2)cc1. The molecule has 0 radical (unpaired) electrons. The fraction of sp³-hybridized carbons (Fsp3) is 0.600. The Morgan fingerprint density at radius 1 is 1.10 bits per heavy atom. The van der Waals surface area contributed by atoms with Crippen LogP contribution in [0.2, 0.25) is 0 Å². The molecule has 1 heterocycles. The van der Waals surface area contributed by atoms with E-state index in [4.69, 9.17) is 0 Å². The molecule has 118 valence electrons. The van der Waals surface area contributed by atoms with E-state index in [1.54, 1.807) is 12.1 Å². The largest absolute Gasteiger partial charge is 0.446 e. The molecule has 1 aromatic rings. The highest BCUT2D eigenvalue weighted by atomic mass is 32.2.